The number of fused-ring (bicyclic) bond motifs is 2. The zero-order chi connectivity index (χ0) is 20.0. The number of nitrogens with one attached hydrogen (secondary N) is 1. The third kappa shape index (κ3) is 3.17. The molecule has 1 atom stereocenters. The zero-order valence-electron chi connectivity index (χ0n) is 15.9. The van der Waals surface area contributed by atoms with Crippen LogP contribution in [-0.2, 0) is 9.53 Å². The van der Waals surface area contributed by atoms with Crippen molar-refractivity contribution in [2.24, 2.45) is 0 Å². The number of ether oxygens (including phenoxy) is 2. The first kappa shape index (κ1) is 17.9. The summed E-state index contributed by atoms with van der Waals surface area (Å²) in [6.07, 6.45) is 4.69. The summed E-state index contributed by atoms with van der Waals surface area (Å²) in [6.45, 7) is 1.53. The lowest BCUT2D eigenvalue weighted by Crippen LogP contribution is -2.48. The summed E-state index contributed by atoms with van der Waals surface area (Å²) in [5, 5.41) is 0.907. The first-order valence-corrected chi connectivity index (χ1v) is 9.55. The number of hydrogen-bond donors (Lipinski definition) is 1. The van der Waals surface area contributed by atoms with Crippen LogP contribution in [0.1, 0.15) is 12.1 Å². The third-order valence-electron chi connectivity index (χ3n) is 5.61. The Balaban J connectivity index is 1.57. The minimum absolute atomic E-state index is 0.0959. The van der Waals surface area contributed by atoms with Crippen molar-refractivity contribution in [3.05, 3.63) is 54.1 Å². The van der Waals surface area contributed by atoms with Crippen molar-refractivity contribution in [1.29, 1.82) is 0 Å². The van der Waals surface area contributed by atoms with Gasteiger partial charge >= 0.3 is 5.97 Å². The van der Waals surface area contributed by atoms with Gasteiger partial charge in [0, 0.05) is 29.4 Å². The van der Waals surface area contributed by atoms with Crippen LogP contribution in [0.15, 0.2) is 42.6 Å². The Bertz CT molecular complexity index is 1140. The van der Waals surface area contributed by atoms with Gasteiger partial charge in [0.15, 0.2) is 0 Å². The number of hydrogen-bond acceptors (Lipinski definition) is 5. The molecule has 2 aromatic heterocycles. The molecule has 0 bridgehead atoms. The van der Waals surface area contributed by atoms with Crippen LogP contribution >= 0.6 is 0 Å². The maximum absolute atomic E-state index is 13.9. The highest BCUT2D eigenvalue weighted by Gasteiger charge is 2.30. The monoisotopic (exact) mass is 393 g/mol. The molecular weight excluding hydrogens is 373 g/mol. The number of rotatable bonds is 3. The van der Waals surface area contributed by atoms with Gasteiger partial charge in [-0.1, -0.05) is 6.08 Å². The van der Waals surface area contributed by atoms with Crippen molar-refractivity contribution in [3.8, 4) is 16.9 Å². The van der Waals surface area contributed by atoms with Gasteiger partial charge in [-0.15, -0.1) is 0 Å². The highest BCUT2D eigenvalue weighted by molar-refractivity contribution is 5.96. The van der Waals surface area contributed by atoms with E-state index in [1.807, 2.05) is 6.07 Å². The molecule has 0 aliphatic carbocycles. The number of benzene rings is 1. The van der Waals surface area contributed by atoms with Gasteiger partial charge < -0.3 is 14.5 Å². The van der Waals surface area contributed by atoms with Crippen LogP contribution in [0.4, 0.5) is 4.39 Å². The molecule has 0 amide bonds. The lowest BCUT2D eigenvalue weighted by Gasteiger charge is -2.36. The van der Waals surface area contributed by atoms with E-state index < -0.39 is 0 Å². The topological polar surface area (TPSA) is 67.5 Å². The molecule has 6 nitrogen and oxygen atoms in total. The van der Waals surface area contributed by atoms with Crippen LogP contribution in [0.2, 0.25) is 0 Å². The molecule has 0 spiro atoms. The fourth-order valence-corrected chi connectivity index (χ4v) is 4.14. The van der Waals surface area contributed by atoms with E-state index >= 15 is 0 Å². The van der Waals surface area contributed by atoms with Gasteiger partial charge in [-0.3, -0.25) is 9.69 Å². The number of aromatic amines is 1. The molecule has 7 heteroatoms. The molecular formula is C22H20FN3O3. The second-order valence-corrected chi connectivity index (χ2v) is 7.31. The van der Waals surface area contributed by atoms with Crippen LogP contribution < -0.4 is 4.74 Å². The van der Waals surface area contributed by atoms with Crippen molar-refractivity contribution >= 4 is 22.6 Å². The molecule has 5 rings (SSSR count). The molecule has 3 aromatic rings. The third-order valence-corrected chi connectivity index (χ3v) is 5.61. The van der Waals surface area contributed by atoms with Crippen molar-refractivity contribution in [3.63, 3.8) is 0 Å². The van der Waals surface area contributed by atoms with Crippen molar-refractivity contribution in [1.82, 2.24) is 14.9 Å². The lowest BCUT2D eigenvalue weighted by molar-refractivity contribution is -0.153. The number of carbonyl (C=O) groups is 1. The summed E-state index contributed by atoms with van der Waals surface area (Å²) in [5.41, 5.74) is 4.43. The van der Waals surface area contributed by atoms with Gasteiger partial charge in [0.25, 0.3) is 0 Å². The number of halogens is 1. The highest BCUT2D eigenvalue weighted by Crippen LogP contribution is 2.37. The number of morpholine rings is 1. The number of pyridine rings is 1. The number of aromatic nitrogens is 2. The molecule has 148 valence electrons. The Kier molecular flexibility index (Phi) is 4.32. The number of H-pyrrole nitrogens is 1. The molecule has 1 fully saturated rings. The maximum Gasteiger partial charge on any atom is 0.320 e. The molecule has 0 saturated carbocycles. The summed E-state index contributed by atoms with van der Waals surface area (Å²) >= 11 is 0. The minimum Gasteiger partial charge on any atom is -0.496 e. The van der Waals surface area contributed by atoms with E-state index in [1.54, 1.807) is 19.4 Å². The SMILES string of the molecule is COc1ccc(F)cc1-c1ccnc2[nH]c(C3=C[C@@H]4COC(=O)CN4CC3)cc12. The van der Waals surface area contributed by atoms with Crippen molar-refractivity contribution in [2.75, 3.05) is 26.8 Å². The normalized spacial score (nSPS) is 19.6. The Labute approximate surface area is 166 Å². The number of cyclic esters (lactones) is 1. The van der Waals surface area contributed by atoms with E-state index in [0.29, 0.717) is 24.5 Å². The van der Waals surface area contributed by atoms with Crippen molar-refractivity contribution in [2.45, 2.75) is 12.5 Å². The molecule has 2 aliphatic rings. The standard InChI is InChI=1S/C22H20FN3O3/c1-28-20-3-2-14(23)9-17(20)16-4-6-24-22-18(16)10-19(25-22)13-5-7-26-11-21(27)29-12-15(26)8-13/h2-4,6,8-10,15H,5,7,11-12H2,1H3,(H,24,25)/t15-/m1/s1. The van der Waals surface area contributed by atoms with Crippen LogP contribution in [0, 0.1) is 5.82 Å². The van der Waals surface area contributed by atoms with Crippen LogP contribution in [0.25, 0.3) is 27.7 Å². The van der Waals surface area contributed by atoms with Gasteiger partial charge in [0.05, 0.1) is 19.7 Å². The van der Waals surface area contributed by atoms with E-state index in [9.17, 15) is 9.18 Å². The Morgan fingerprint density at radius 3 is 3.03 bits per heavy atom. The fourth-order valence-electron chi connectivity index (χ4n) is 4.14. The average molecular weight is 393 g/mol. The van der Waals surface area contributed by atoms with Crippen LogP contribution in [0.5, 0.6) is 5.75 Å². The number of carbonyl (C=O) groups excluding carboxylic acids is 1. The van der Waals surface area contributed by atoms with Gasteiger partial charge in [-0.25, -0.2) is 9.37 Å². The number of esters is 1. The molecule has 1 saturated heterocycles. The van der Waals surface area contributed by atoms with Gasteiger partial charge in [0.2, 0.25) is 0 Å². The summed E-state index contributed by atoms with van der Waals surface area (Å²) in [7, 11) is 1.58. The summed E-state index contributed by atoms with van der Waals surface area (Å²) < 4.78 is 24.6. The molecule has 0 unspecified atom stereocenters. The zero-order valence-corrected chi connectivity index (χ0v) is 15.9. The van der Waals surface area contributed by atoms with Crippen LogP contribution in [-0.4, -0.2) is 53.7 Å². The summed E-state index contributed by atoms with van der Waals surface area (Å²) in [6, 6.07) is 8.52. The van der Waals surface area contributed by atoms with Gasteiger partial charge in [-0.2, -0.15) is 0 Å². The lowest BCUT2D eigenvalue weighted by atomic mass is 9.98. The average Bonchev–Trinajstić information content (AvgIpc) is 3.17. The smallest absolute Gasteiger partial charge is 0.320 e. The molecule has 2 aliphatic heterocycles. The van der Waals surface area contributed by atoms with E-state index in [2.05, 4.69) is 27.0 Å². The Hall–Kier alpha value is -3.19. The van der Waals surface area contributed by atoms with Crippen LogP contribution in [0.3, 0.4) is 0 Å². The van der Waals surface area contributed by atoms with Gasteiger partial charge in [-0.05, 0) is 47.9 Å². The Morgan fingerprint density at radius 1 is 1.28 bits per heavy atom. The molecule has 29 heavy (non-hydrogen) atoms. The minimum atomic E-state index is -0.316. The van der Waals surface area contributed by atoms with Gasteiger partial charge in [0.1, 0.15) is 23.8 Å². The van der Waals surface area contributed by atoms with E-state index in [1.165, 1.54) is 17.7 Å². The highest BCUT2D eigenvalue weighted by atomic mass is 19.1. The van der Waals surface area contributed by atoms with Crippen molar-refractivity contribution < 1.29 is 18.7 Å². The second-order valence-electron chi connectivity index (χ2n) is 7.31. The first-order chi connectivity index (χ1) is 14.1. The second kappa shape index (κ2) is 7.00. The summed E-state index contributed by atoms with van der Waals surface area (Å²) in [5.74, 6) is 0.128. The molecule has 0 radical (unpaired) electrons. The largest absolute Gasteiger partial charge is 0.496 e. The van der Waals surface area contributed by atoms with E-state index in [0.717, 1.165) is 35.3 Å². The number of nitrogens with zero attached hydrogens (tertiary/aromatic N) is 2. The first-order valence-electron chi connectivity index (χ1n) is 9.55. The van der Waals surface area contributed by atoms with E-state index in [-0.39, 0.29) is 17.8 Å². The maximum atomic E-state index is 13.9. The molecule has 1 aromatic carbocycles. The van der Waals surface area contributed by atoms with E-state index in [4.69, 9.17) is 9.47 Å². The molecule has 1 N–H and O–H groups in total. The number of methoxy groups -OCH3 is 1. The predicted molar refractivity (Wildman–Crippen MR) is 107 cm³/mol. The summed E-state index contributed by atoms with van der Waals surface area (Å²) in [4.78, 5) is 21.5. The Morgan fingerprint density at radius 2 is 2.17 bits per heavy atom. The predicted octanol–water partition coefficient (Wildman–Crippen LogP) is 3.39. The quantitative estimate of drug-likeness (QED) is 0.691. The fraction of sp³-hybridized carbons (Fsp3) is 0.273. The molecule has 4 heterocycles.